The molecule has 2 rings (SSSR count). The van der Waals surface area contributed by atoms with E-state index in [9.17, 15) is 8.42 Å². The number of rotatable bonds is 7. The molecule has 5 heteroatoms. The van der Waals surface area contributed by atoms with E-state index < -0.39 is 10.0 Å². The normalized spacial score (nSPS) is 17.4. The van der Waals surface area contributed by atoms with Crippen molar-refractivity contribution in [3.05, 3.63) is 29.8 Å². The zero-order chi connectivity index (χ0) is 13.9. The minimum Gasteiger partial charge on any atom is -0.208 e. The van der Waals surface area contributed by atoms with E-state index in [1.165, 1.54) is 0 Å². The Hall–Kier alpha value is -0.390. The smallest absolute Gasteiger partial charge is 0.208 e. The third-order valence-electron chi connectivity index (χ3n) is 3.20. The van der Waals surface area contributed by atoms with Crippen LogP contribution in [0.25, 0.3) is 0 Å². The second-order valence-corrected chi connectivity index (χ2v) is 8.07. The first-order chi connectivity index (χ1) is 9.03. The van der Waals surface area contributed by atoms with Gasteiger partial charge in [-0.25, -0.2) is 13.1 Å². The van der Waals surface area contributed by atoms with Crippen LogP contribution in [0.5, 0.6) is 0 Å². The van der Waals surface area contributed by atoms with Crippen molar-refractivity contribution in [1.82, 2.24) is 4.72 Å². The van der Waals surface area contributed by atoms with Gasteiger partial charge >= 0.3 is 0 Å². The summed E-state index contributed by atoms with van der Waals surface area (Å²) in [4.78, 5) is 0.761. The summed E-state index contributed by atoms with van der Waals surface area (Å²) in [5.41, 5.74) is 0.894. The maximum atomic E-state index is 12.3. The molecule has 1 fully saturated rings. The number of sulfonamides is 1. The van der Waals surface area contributed by atoms with Crippen molar-refractivity contribution in [1.29, 1.82) is 0 Å². The number of nitrogens with one attached hydrogen (secondary N) is 1. The molecular weight excluding hydrogens is 326 g/mol. The molecule has 1 unspecified atom stereocenters. The summed E-state index contributed by atoms with van der Waals surface area (Å²) in [7, 11) is -3.36. The van der Waals surface area contributed by atoms with Crippen LogP contribution in [0.4, 0.5) is 0 Å². The van der Waals surface area contributed by atoms with Gasteiger partial charge in [0.15, 0.2) is 0 Å². The molecule has 0 aromatic heterocycles. The van der Waals surface area contributed by atoms with Crippen LogP contribution >= 0.6 is 15.9 Å². The molecule has 0 spiro atoms. The Morgan fingerprint density at radius 2 is 2.05 bits per heavy atom. The van der Waals surface area contributed by atoms with Gasteiger partial charge in [-0.2, -0.15) is 0 Å². The second kappa shape index (κ2) is 6.37. The zero-order valence-electron chi connectivity index (χ0n) is 11.1. The minimum absolute atomic E-state index is 0.147. The van der Waals surface area contributed by atoms with Gasteiger partial charge in [0, 0.05) is 10.9 Å². The van der Waals surface area contributed by atoms with Crippen molar-refractivity contribution in [3.63, 3.8) is 0 Å². The van der Waals surface area contributed by atoms with Crippen molar-refractivity contribution < 1.29 is 8.42 Å². The Morgan fingerprint density at radius 1 is 1.37 bits per heavy atom. The quantitative estimate of drug-likeness (QED) is 0.771. The van der Waals surface area contributed by atoms with E-state index in [-0.39, 0.29) is 6.04 Å². The van der Waals surface area contributed by atoms with Crippen LogP contribution in [-0.4, -0.2) is 19.3 Å². The minimum atomic E-state index is -3.36. The Morgan fingerprint density at radius 3 is 2.68 bits per heavy atom. The molecule has 0 saturated heterocycles. The van der Waals surface area contributed by atoms with Gasteiger partial charge < -0.3 is 0 Å². The fourth-order valence-corrected chi connectivity index (χ4v) is 4.44. The predicted molar refractivity (Wildman–Crippen MR) is 81.1 cm³/mol. The molecule has 1 aromatic rings. The zero-order valence-corrected chi connectivity index (χ0v) is 13.5. The van der Waals surface area contributed by atoms with Crippen LogP contribution in [0.2, 0.25) is 0 Å². The van der Waals surface area contributed by atoms with Crippen LogP contribution < -0.4 is 4.72 Å². The molecule has 0 aliphatic heterocycles. The van der Waals surface area contributed by atoms with Gasteiger partial charge in [-0.05, 0) is 37.3 Å². The second-order valence-electron chi connectivity index (χ2n) is 5.09. The molecular formula is C14H20BrNO2S. The summed E-state index contributed by atoms with van der Waals surface area (Å²) in [6, 6.07) is 7.44. The lowest BCUT2D eigenvalue weighted by Gasteiger charge is -2.13. The Balaban J connectivity index is 2.19. The fourth-order valence-electron chi connectivity index (χ4n) is 2.07. The van der Waals surface area contributed by atoms with Crippen molar-refractivity contribution in [2.24, 2.45) is 0 Å². The molecule has 106 valence electrons. The number of benzene rings is 1. The van der Waals surface area contributed by atoms with Gasteiger partial charge in [0.05, 0.1) is 4.90 Å². The topological polar surface area (TPSA) is 46.2 Å². The van der Waals surface area contributed by atoms with E-state index in [0.717, 1.165) is 37.7 Å². The molecule has 0 bridgehead atoms. The van der Waals surface area contributed by atoms with Gasteiger partial charge in [-0.1, -0.05) is 47.5 Å². The standard InChI is InChI=1S/C14H20BrNO2S/c1-2-5-12(15)10-11-6-3-4-7-14(11)19(17,18)16-13-8-9-13/h3-4,6-7,12-13,16H,2,5,8-10H2,1H3. The Labute approximate surface area is 124 Å². The highest BCUT2D eigenvalue weighted by molar-refractivity contribution is 9.09. The first kappa shape index (κ1) is 15.0. The highest BCUT2D eigenvalue weighted by Crippen LogP contribution is 2.25. The van der Waals surface area contributed by atoms with Crippen molar-refractivity contribution >= 4 is 26.0 Å². The van der Waals surface area contributed by atoms with Crippen LogP contribution in [0.15, 0.2) is 29.2 Å². The SMILES string of the molecule is CCCC(Br)Cc1ccccc1S(=O)(=O)NC1CC1. The van der Waals surface area contributed by atoms with Crippen molar-refractivity contribution in [2.45, 2.75) is 54.8 Å². The molecule has 0 amide bonds. The first-order valence-electron chi connectivity index (χ1n) is 6.77. The number of hydrogen-bond acceptors (Lipinski definition) is 2. The fraction of sp³-hybridized carbons (Fsp3) is 0.571. The maximum Gasteiger partial charge on any atom is 0.241 e. The Kier molecular flexibility index (Phi) is 5.03. The van der Waals surface area contributed by atoms with Crippen LogP contribution in [0, 0.1) is 0 Å². The lowest BCUT2D eigenvalue weighted by atomic mass is 10.1. The molecule has 1 saturated carbocycles. The molecule has 0 radical (unpaired) electrons. The van der Waals surface area contributed by atoms with E-state index in [0.29, 0.717) is 9.72 Å². The van der Waals surface area contributed by atoms with E-state index in [1.54, 1.807) is 12.1 Å². The summed E-state index contributed by atoms with van der Waals surface area (Å²) in [6.07, 6.45) is 4.79. The van der Waals surface area contributed by atoms with Crippen LogP contribution in [-0.2, 0) is 16.4 Å². The summed E-state index contributed by atoms with van der Waals surface area (Å²) < 4.78 is 27.4. The third-order valence-corrected chi connectivity index (χ3v) is 5.61. The number of hydrogen-bond donors (Lipinski definition) is 1. The average Bonchev–Trinajstić information content (AvgIpc) is 3.13. The summed E-state index contributed by atoms with van der Waals surface area (Å²) in [6.45, 7) is 2.13. The maximum absolute atomic E-state index is 12.3. The molecule has 1 aromatic carbocycles. The lowest BCUT2D eigenvalue weighted by Crippen LogP contribution is -2.27. The summed E-state index contributed by atoms with van der Waals surface area (Å²) in [5, 5.41) is 0. The van der Waals surface area contributed by atoms with E-state index in [2.05, 4.69) is 27.6 Å². The molecule has 1 aliphatic carbocycles. The molecule has 19 heavy (non-hydrogen) atoms. The molecule has 1 atom stereocenters. The predicted octanol–water partition coefficient (Wildman–Crippen LogP) is 3.23. The van der Waals surface area contributed by atoms with Gasteiger partial charge in [0.25, 0.3) is 0 Å². The molecule has 3 nitrogen and oxygen atoms in total. The summed E-state index contributed by atoms with van der Waals surface area (Å²) in [5.74, 6) is 0. The average molecular weight is 346 g/mol. The number of halogens is 1. The summed E-state index contributed by atoms with van der Waals surface area (Å²) >= 11 is 3.62. The highest BCUT2D eigenvalue weighted by Gasteiger charge is 2.29. The number of alkyl halides is 1. The Bertz CT molecular complexity index is 526. The van der Waals surface area contributed by atoms with E-state index in [1.807, 2.05) is 12.1 Å². The molecule has 1 N–H and O–H groups in total. The van der Waals surface area contributed by atoms with Crippen molar-refractivity contribution in [3.8, 4) is 0 Å². The van der Waals surface area contributed by atoms with Crippen LogP contribution in [0.3, 0.4) is 0 Å². The van der Waals surface area contributed by atoms with Gasteiger partial charge in [-0.15, -0.1) is 0 Å². The van der Waals surface area contributed by atoms with Gasteiger partial charge in [-0.3, -0.25) is 0 Å². The highest BCUT2D eigenvalue weighted by atomic mass is 79.9. The van der Waals surface area contributed by atoms with E-state index >= 15 is 0 Å². The largest absolute Gasteiger partial charge is 0.241 e. The molecule has 1 aliphatic rings. The van der Waals surface area contributed by atoms with Crippen molar-refractivity contribution in [2.75, 3.05) is 0 Å². The van der Waals surface area contributed by atoms with Crippen LogP contribution in [0.1, 0.15) is 38.2 Å². The van der Waals surface area contributed by atoms with Gasteiger partial charge in [0.2, 0.25) is 10.0 Å². The van der Waals surface area contributed by atoms with E-state index in [4.69, 9.17) is 0 Å². The monoisotopic (exact) mass is 345 g/mol. The first-order valence-corrected chi connectivity index (χ1v) is 9.17. The van der Waals surface area contributed by atoms with Gasteiger partial charge in [0.1, 0.15) is 0 Å². The lowest BCUT2D eigenvalue weighted by molar-refractivity contribution is 0.579. The molecule has 0 heterocycles. The third kappa shape index (κ3) is 4.29.